The number of likely N-dealkylation sites (N-methyl/N-ethyl adjacent to an activating group) is 1. The third kappa shape index (κ3) is 4.57. The Morgan fingerprint density at radius 1 is 1.26 bits per heavy atom. The van der Waals surface area contributed by atoms with Gasteiger partial charge in [-0.05, 0) is 39.9 Å². The first-order valence-corrected chi connectivity index (χ1v) is 9.50. The molecule has 0 N–H and O–H groups in total. The van der Waals surface area contributed by atoms with E-state index in [1.807, 2.05) is 51.0 Å². The highest BCUT2D eigenvalue weighted by Gasteiger charge is 2.36. The normalized spacial score (nSPS) is 20.3. The SMILES string of the molecule is Cc1noc(C)c1CCC(=O)N1CCO[C@@H](CN(C)C)[C@@H]1c1ccccc1. The summed E-state index contributed by atoms with van der Waals surface area (Å²) in [5.41, 5.74) is 3.03. The molecular weight excluding hydrogens is 342 g/mol. The maximum absolute atomic E-state index is 13.1. The Bertz CT molecular complexity index is 738. The number of benzene rings is 1. The van der Waals surface area contributed by atoms with Crippen molar-refractivity contribution in [1.82, 2.24) is 15.0 Å². The topological polar surface area (TPSA) is 58.8 Å². The van der Waals surface area contributed by atoms with Gasteiger partial charge in [-0.15, -0.1) is 0 Å². The number of morpholine rings is 1. The van der Waals surface area contributed by atoms with Gasteiger partial charge in [0.05, 0.1) is 24.4 Å². The number of carbonyl (C=O) groups is 1. The van der Waals surface area contributed by atoms with Crippen LogP contribution in [0.2, 0.25) is 0 Å². The molecule has 0 spiro atoms. The van der Waals surface area contributed by atoms with Gasteiger partial charge in [0, 0.05) is 25.1 Å². The van der Waals surface area contributed by atoms with Crippen LogP contribution in [0.15, 0.2) is 34.9 Å². The molecule has 0 aliphatic carbocycles. The molecule has 1 saturated heterocycles. The lowest BCUT2D eigenvalue weighted by molar-refractivity contribution is -0.148. The van der Waals surface area contributed by atoms with Gasteiger partial charge >= 0.3 is 0 Å². The molecule has 27 heavy (non-hydrogen) atoms. The fourth-order valence-corrected chi connectivity index (χ4v) is 3.80. The molecule has 0 radical (unpaired) electrons. The Labute approximate surface area is 161 Å². The van der Waals surface area contributed by atoms with Crippen molar-refractivity contribution in [3.8, 4) is 0 Å². The average Bonchev–Trinajstić information content (AvgIpc) is 2.97. The molecule has 3 rings (SSSR count). The van der Waals surface area contributed by atoms with E-state index in [0.29, 0.717) is 26.0 Å². The molecule has 1 aliphatic heterocycles. The predicted octanol–water partition coefficient (Wildman–Crippen LogP) is 2.75. The van der Waals surface area contributed by atoms with Crippen LogP contribution in [0.1, 0.15) is 35.0 Å². The van der Waals surface area contributed by atoms with Gasteiger partial charge in [-0.3, -0.25) is 4.79 Å². The monoisotopic (exact) mass is 371 g/mol. The van der Waals surface area contributed by atoms with Crippen LogP contribution in [0.4, 0.5) is 0 Å². The number of rotatable bonds is 6. The molecule has 146 valence electrons. The molecule has 0 saturated carbocycles. The molecule has 0 unspecified atom stereocenters. The summed E-state index contributed by atoms with van der Waals surface area (Å²) in [6, 6.07) is 10.1. The molecule has 2 atom stereocenters. The van der Waals surface area contributed by atoms with Gasteiger partial charge in [0.1, 0.15) is 5.76 Å². The number of carbonyl (C=O) groups excluding carboxylic acids is 1. The van der Waals surface area contributed by atoms with E-state index in [2.05, 4.69) is 22.2 Å². The third-order valence-electron chi connectivity index (χ3n) is 5.13. The van der Waals surface area contributed by atoms with Gasteiger partial charge in [0.2, 0.25) is 5.91 Å². The zero-order chi connectivity index (χ0) is 19.4. The minimum absolute atomic E-state index is 0.0424. The van der Waals surface area contributed by atoms with Crippen molar-refractivity contribution in [2.24, 2.45) is 0 Å². The number of nitrogens with zero attached hydrogens (tertiary/aromatic N) is 3. The standard InChI is InChI=1S/C21H29N3O3/c1-15-18(16(2)27-22-15)10-11-20(25)24-12-13-26-19(14-23(3)4)21(24)17-8-6-5-7-9-17/h5-9,19,21H,10-14H2,1-4H3/t19-,21-/m0/s1. The van der Waals surface area contributed by atoms with E-state index in [0.717, 1.165) is 29.1 Å². The second kappa shape index (κ2) is 8.67. The fourth-order valence-electron chi connectivity index (χ4n) is 3.80. The average molecular weight is 371 g/mol. The van der Waals surface area contributed by atoms with E-state index in [1.54, 1.807) is 0 Å². The third-order valence-corrected chi connectivity index (χ3v) is 5.13. The van der Waals surface area contributed by atoms with Crippen molar-refractivity contribution >= 4 is 5.91 Å². The van der Waals surface area contributed by atoms with E-state index < -0.39 is 0 Å². The molecule has 1 aromatic carbocycles. The Morgan fingerprint density at radius 2 is 2.00 bits per heavy atom. The molecular formula is C21H29N3O3. The van der Waals surface area contributed by atoms with Gasteiger partial charge in [-0.1, -0.05) is 35.5 Å². The number of aryl methyl sites for hydroxylation is 2. The number of hydrogen-bond acceptors (Lipinski definition) is 5. The maximum Gasteiger partial charge on any atom is 0.223 e. The molecule has 1 aliphatic rings. The number of hydrogen-bond donors (Lipinski definition) is 0. The molecule has 1 fully saturated rings. The Balaban J connectivity index is 1.79. The van der Waals surface area contributed by atoms with Crippen LogP contribution in [0.3, 0.4) is 0 Å². The zero-order valence-corrected chi connectivity index (χ0v) is 16.6. The largest absolute Gasteiger partial charge is 0.373 e. The van der Waals surface area contributed by atoms with Crippen LogP contribution in [0.5, 0.6) is 0 Å². The highest BCUT2D eigenvalue weighted by molar-refractivity contribution is 5.77. The van der Waals surface area contributed by atoms with Crippen LogP contribution in [0.25, 0.3) is 0 Å². The summed E-state index contributed by atoms with van der Waals surface area (Å²) in [7, 11) is 4.06. The lowest BCUT2D eigenvalue weighted by Crippen LogP contribution is -2.51. The lowest BCUT2D eigenvalue weighted by atomic mass is 9.96. The van der Waals surface area contributed by atoms with E-state index >= 15 is 0 Å². The molecule has 2 heterocycles. The van der Waals surface area contributed by atoms with Gasteiger partial charge in [-0.2, -0.15) is 0 Å². The number of amides is 1. The quantitative estimate of drug-likeness (QED) is 0.781. The van der Waals surface area contributed by atoms with Crippen LogP contribution in [0, 0.1) is 13.8 Å². The van der Waals surface area contributed by atoms with Crippen molar-refractivity contribution in [3.63, 3.8) is 0 Å². The molecule has 0 bridgehead atoms. The Morgan fingerprint density at radius 3 is 2.63 bits per heavy atom. The van der Waals surface area contributed by atoms with Gasteiger partial charge in [-0.25, -0.2) is 0 Å². The summed E-state index contributed by atoms with van der Waals surface area (Å²) in [6.45, 7) is 5.77. The van der Waals surface area contributed by atoms with Gasteiger partial charge < -0.3 is 19.1 Å². The van der Waals surface area contributed by atoms with Crippen molar-refractivity contribution in [3.05, 3.63) is 52.9 Å². The van der Waals surface area contributed by atoms with Crippen LogP contribution < -0.4 is 0 Å². The van der Waals surface area contributed by atoms with Crippen molar-refractivity contribution in [2.75, 3.05) is 33.8 Å². The van der Waals surface area contributed by atoms with Crippen LogP contribution >= 0.6 is 0 Å². The first-order chi connectivity index (χ1) is 13.0. The summed E-state index contributed by atoms with van der Waals surface area (Å²) in [5, 5.41) is 3.99. The summed E-state index contributed by atoms with van der Waals surface area (Å²) < 4.78 is 11.3. The first-order valence-electron chi connectivity index (χ1n) is 9.50. The van der Waals surface area contributed by atoms with E-state index in [4.69, 9.17) is 9.26 Å². The fraction of sp³-hybridized carbons (Fsp3) is 0.524. The van der Waals surface area contributed by atoms with Crippen molar-refractivity contribution in [1.29, 1.82) is 0 Å². The Kier molecular flexibility index (Phi) is 6.29. The smallest absolute Gasteiger partial charge is 0.223 e. The predicted molar refractivity (Wildman–Crippen MR) is 103 cm³/mol. The van der Waals surface area contributed by atoms with E-state index in [-0.39, 0.29) is 18.1 Å². The maximum atomic E-state index is 13.1. The van der Waals surface area contributed by atoms with Crippen LogP contribution in [-0.4, -0.2) is 60.8 Å². The highest BCUT2D eigenvalue weighted by Crippen LogP contribution is 2.31. The summed E-state index contributed by atoms with van der Waals surface area (Å²) in [5.74, 6) is 0.947. The summed E-state index contributed by atoms with van der Waals surface area (Å²) in [6.07, 6.45) is 1.05. The minimum atomic E-state index is -0.0699. The second-order valence-corrected chi connectivity index (χ2v) is 7.42. The number of ether oxygens (including phenoxy) is 1. The molecule has 2 aromatic rings. The van der Waals surface area contributed by atoms with Crippen molar-refractivity contribution in [2.45, 2.75) is 38.8 Å². The Hall–Kier alpha value is -2.18. The number of aromatic nitrogens is 1. The minimum Gasteiger partial charge on any atom is -0.373 e. The molecule has 6 heteroatoms. The van der Waals surface area contributed by atoms with Gasteiger partial charge in [0.25, 0.3) is 0 Å². The lowest BCUT2D eigenvalue weighted by Gasteiger charge is -2.42. The van der Waals surface area contributed by atoms with E-state index in [9.17, 15) is 4.79 Å². The molecule has 6 nitrogen and oxygen atoms in total. The van der Waals surface area contributed by atoms with Crippen molar-refractivity contribution < 1.29 is 14.1 Å². The van der Waals surface area contributed by atoms with Gasteiger partial charge in [0.15, 0.2) is 0 Å². The molecule has 1 amide bonds. The second-order valence-electron chi connectivity index (χ2n) is 7.42. The molecule has 1 aromatic heterocycles. The van der Waals surface area contributed by atoms with Crippen LogP contribution in [-0.2, 0) is 16.0 Å². The van der Waals surface area contributed by atoms with E-state index in [1.165, 1.54) is 0 Å². The summed E-state index contributed by atoms with van der Waals surface area (Å²) in [4.78, 5) is 17.2. The summed E-state index contributed by atoms with van der Waals surface area (Å²) >= 11 is 0. The highest BCUT2D eigenvalue weighted by atomic mass is 16.5. The zero-order valence-electron chi connectivity index (χ0n) is 16.6. The first kappa shape index (κ1) is 19.6.